The minimum Gasteiger partial charge on any atom is -0.468 e. The minimum atomic E-state index is -0.0312. The fourth-order valence-corrected chi connectivity index (χ4v) is 4.20. The van der Waals surface area contributed by atoms with Crippen molar-refractivity contribution in [1.29, 1.82) is 0 Å². The van der Waals surface area contributed by atoms with E-state index < -0.39 is 0 Å². The molecule has 1 saturated carbocycles. The van der Waals surface area contributed by atoms with Gasteiger partial charge in [-0.1, -0.05) is 18.2 Å². The Bertz CT molecular complexity index is 973. The van der Waals surface area contributed by atoms with Crippen LogP contribution in [-0.2, 0) is 0 Å². The summed E-state index contributed by atoms with van der Waals surface area (Å²) >= 11 is 0. The quantitative estimate of drug-likeness (QED) is 0.699. The van der Waals surface area contributed by atoms with Crippen LogP contribution in [0.5, 0.6) is 0 Å². The summed E-state index contributed by atoms with van der Waals surface area (Å²) in [5.41, 5.74) is 2.68. The van der Waals surface area contributed by atoms with Crippen molar-refractivity contribution in [3.63, 3.8) is 0 Å². The van der Waals surface area contributed by atoms with Gasteiger partial charge in [-0.25, -0.2) is 0 Å². The molecule has 5 heteroatoms. The highest BCUT2D eigenvalue weighted by molar-refractivity contribution is 6.06. The monoisotopic (exact) mass is 375 g/mol. The van der Waals surface area contributed by atoms with Gasteiger partial charge in [0.05, 0.1) is 23.4 Å². The van der Waals surface area contributed by atoms with Gasteiger partial charge in [0, 0.05) is 23.5 Å². The molecule has 5 rings (SSSR count). The van der Waals surface area contributed by atoms with Crippen molar-refractivity contribution in [2.75, 3.05) is 19.6 Å². The maximum absolute atomic E-state index is 13.2. The highest BCUT2D eigenvalue weighted by Gasteiger charge is 2.28. The van der Waals surface area contributed by atoms with Crippen LogP contribution in [-0.4, -0.2) is 35.4 Å². The Morgan fingerprint density at radius 1 is 1.18 bits per heavy atom. The molecule has 2 fully saturated rings. The van der Waals surface area contributed by atoms with Crippen molar-refractivity contribution < 1.29 is 9.21 Å². The second kappa shape index (κ2) is 7.40. The lowest BCUT2D eigenvalue weighted by Gasteiger charge is -2.26. The number of furan rings is 1. The van der Waals surface area contributed by atoms with Crippen LogP contribution in [0.3, 0.4) is 0 Å². The van der Waals surface area contributed by atoms with Gasteiger partial charge in [-0.15, -0.1) is 0 Å². The summed E-state index contributed by atoms with van der Waals surface area (Å²) in [5, 5.41) is 4.09. The SMILES string of the molecule is O=C(NC[C@H](c1ccco1)N1CCCC1)c1cc(C2CC2)nc2ccccc12. The van der Waals surface area contributed by atoms with Gasteiger partial charge < -0.3 is 9.73 Å². The molecule has 1 N–H and O–H groups in total. The number of amides is 1. The number of hydrogen-bond donors (Lipinski definition) is 1. The molecule has 3 aromatic rings. The van der Waals surface area contributed by atoms with Gasteiger partial charge in [-0.3, -0.25) is 14.7 Å². The van der Waals surface area contributed by atoms with E-state index in [1.165, 1.54) is 25.7 Å². The number of benzene rings is 1. The molecule has 1 aliphatic heterocycles. The summed E-state index contributed by atoms with van der Waals surface area (Å²) < 4.78 is 5.67. The molecule has 0 unspecified atom stereocenters. The summed E-state index contributed by atoms with van der Waals surface area (Å²) in [6, 6.07) is 13.9. The van der Waals surface area contributed by atoms with Crippen LogP contribution < -0.4 is 5.32 Å². The Balaban J connectivity index is 1.40. The van der Waals surface area contributed by atoms with E-state index in [9.17, 15) is 4.79 Å². The van der Waals surface area contributed by atoms with Crippen LogP contribution in [0.1, 0.15) is 59.5 Å². The van der Waals surface area contributed by atoms with Crippen molar-refractivity contribution in [3.05, 3.63) is 65.7 Å². The largest absolute Gasteiger partial charge is 0.468 e. The smallest absolute Gasteiger partial charge is 0.252 e. The Hall–Kier alpha value is -2.66. The number of hydrogen-bond acceptors (Lipinski definition) is 4. The molecule has 3 heterocycles. The second-order valence-electron chi connectivity index (χ2n) is 7.87. The van der Waals surface area contributed by atoms with E-state index in [0.29, 0.717) is 12.5 Å². The zero-order valence-corrected chi connectivity index (χ0v) is 15.9. The maximum atomic E-state index is 13.2. The van der Waals surface area contributed by atoms with Gasteiger partial charge in [-0.05, 0) is 63.0 Å². The number of para-hydroxylation sites is 1. The first-order valence-electron chi connectivity index (χ1n) is 10.2. The lowest BCUT2D eigenvalue weighted by Crippen LogP contribution is -2.36. The fourth-order valence-electron chi connectivity index (χ4n) is 4.20. The van der Waals surface area contributed by atoms with Crippen molar-refractivity contribution in [2.45, 2.75) is 37.6 Å². The average molecular weight is 375 g/mol. The topological polar surface area (TPSA) is 58.4 Å². The molecule has 1 saturated heterocycles. The van der Waals surface area contributed by atoms with Gasteiger partial charge >= 0.3 is 0 Å². The third-order valence-electron chi connectivity index (χ3n) is 5.89. The Kier molecular flexibility index (Phi) is 4.61. The van der Waals surface area contributed by atoms with Crippen LogP contribution in [0.2, 0.25) is 0 Å². The first kappa shape index (κ1) is 17.4. The fraction of sp³-hybridized carbons (Fsp3) is 0.391. The molecule has 1 aliphatic carbocycles. The van der Waals surface area contributed by atoms with Crippen LogP contribution in [0.4, 0.5) is 0 Å². The lowest BCUT2D eigenvalue weighted by atomic mass is 10.0. The summed E-state index contributed by atoms with van der Waals surface area (Å²) in [5.74, 6) is 1.40. The number of rotatable bonds is 6. The van der Waals surface area contributed by atoms with E-state index >= 15 is 0 Å². The van der Waals surface area contributed by atoms with E-state index in [1.807, 2.05) is 42.5 Å². The Labute approximate surface area is 164 Å². The molecular formula is C23H25N3O2. The number of fused-ring (bicyclic) bond motifs is 1. The molecule has 1 atom stereocenters. The van der Waals surface area contributed by atoms with Crippen LogP contribution in [0, 0.1) is 0 Å². The normalized spacial score (nSPS) is 18.4. The first-order valence-corrected chi connectivity index (χ1v) is 10.2. The van der Waals surface area contributed by atoms with Gasteiger partial charge in [0.25, 0.3) is 5.91 Å². The van der Waals surface area contributed by atoms with Crippen molar-refractivity contribution in [3.8, 4) is 0 Å². The molecule has 2 aromatic heterocycles. The number of carbonyl (C=O) groups is 1. The zero-order chi connectivity index (χ0) is 18.9. The highest BCUT2D eigenvalue weighted by Crippen LogP contribution is 2.40. The van der Waals surface area contributed by atoms with Crippen molar-refractivity contribution >= 4 is 16.8 Å². The molecule has 0 radical (unpaired) electrons. The van der Waals surface area contributed by atoms with E-state index in [4.69, 9.17) is 9.40 Å². The first-order chi connectivity index (χ1) is 13.8. The van der Waals surface area contributed by atoms with Crippen molar-refractivity contribution in [1.82, 2.24) is 15.2 Å². The predicted octanol–water partition coefficient (Wildman–Crippen LogP) is 4.27. The molecule has 5 nitrogen and oxygen atoms in total. The number of carbonyl (C=O) groups excluding carboxylic acids is 1. The van der Waals surface area contributed by atoms with Crippen LogP contribution in [0.15, 0.2) is 53.1 Å². The summed E-state index contributed by atoms with van der Waals surface area (Å²) in [4.78, 5) is 20.3. The number of nitrogens with one attached hydrogen (secondary N) is 1. The predicted molar refractivity (Wildman–Crippen MR) is 108 cm³/mol. The zero-order valence-electron chi connectivity index (χ0n) is 15.9. The number of aromatic nitrogens is 1. The lowest BCUT2D eigenvalue weighted by molar-refractivity contribution is 0.0935. The Morgan fingerprint density at radius 2 is 2.00 bits per heavy atom. The molecule has 1 amide bonds. The molecule has 28 heavy (non-hydrogen) atoms. The Morgan fingerprint density at radius 3 is 2.75 bits per heavy atom. The van der Waals surface area contributed by atoms with E-state index in [-0.39, 0.29) is 11.9 Å². The third-order valence-corrected chi connectivity index (χ3v) is 5.89. The highest BCUT2D eigenvalue weighted by atomic mass is 16.3. The van der Waals surface area contributed by atoms with Gasteiger partial charge in [0.1, 0.15) is 5.76 Å². The molecule has 0 bridgehead atoms. The second-order valence-corrected chi connectivity index (χ2v) is 7.87. The maximum Gasteiger partial charge on any atom is 0.252 e. The van der Waals surface area contributed by atoms with E-state index in [1.54, 1.807) is 6.26 Å². The standard InChI is InChI=1S/C23H25N3O2/c27-23(24-15-21(22-8-5-13-28-22)26-11-3-4-12-26)18-14-20(16-9-10-16)25-19-7-2-1-6-17(18)19/h1-2,5-8,13-14,16,21H,3-4,9-12,15H2,(H,24,27)/t21-/m1/s1. The minimum absolute atomic E-state index is 0.0312. The van der Waals surface area contributed by atoms with Gasteiger partial charge in [-0.2, -0.15) is 0 Å². The average Bonchev–Trinajstić information content (AvgIpc) is 3.18. The summed E-state index contributed by atoms with van der Waals surface area (Å²) in [6.07, 6.45) is 6.44. The molecule has 1 aromatic carbocycles. The van der Waals surface area contributed by atoms with Gasteiger partial charge in [0.2, 0.25) is 0 Å². The summed E-state index contributed by atoms with van der Waals surface area (Å²) in [6.45, 7) is 2.64. The summed E-state index contributed by atoms with van der Waals surface area (Å²) in [7, 11) is 0. The number of pyridine rings is 1. The molecule has 0 spiro atoms. The van der Waals surface area contributed by atoms with Gasteiger partial charge in [0.15, 0.2) is 0 Å². The number of nitrogens with zero attached hydrogens (tertiary/aromatic N) is 2. The molecule has 2 aliphatic rings. The van der Waals surface area contributed by atoms with Crippen LogP contribution in [0.25, 0.3) is 10.9 Å². The van der Waals surface area contributed by atoms with Crippen LogP contribution >= 0.6 is 0 Å². The van der Waals surface area contributed by atoms with E-state index in [0.717, 1.165) is 41.0 Å². The van der Waals surface area contributed by atoms with Crippen molar-refractivity contribution in [2.24, 2.45) is 0 Å². The molecular weight excluding hydrogens is 350 g/mol. The molecule has 144 valence electrons. The third kappa shape index (κ3) is 3.42. The number of likely N-dealkylation sites (tertiary alicyclic amines) is 1. The van der Waals surface area contributed by atoms with E-state index in [2.05, 4.69) is 10.2 Å².